The summed E-state index contributed by atoms with van der Waals surface area (Å²) in [6.45, 7) is 4.65. The van der Waals surface area contributed by atoms with Crippen LogP contribution in [-0.4, -0.2) is 15.0 Å². The summed E-state index contributed by atoms with van der Waals surface area (Å²) in [6, 6.07) is 59.1. The number of furan rings is 1. The first-order valence-corrected chi connectivity index (χ1v) is 17.9. The van der Waals surface area contributed by atoms with E-state index in [0.717, 1.165) is 61.1 Å². The van der Waals surface area contributed by atoms with Crippen LogP contribution in [0.5, 0.6) is 0 Å². The third kappa shape index (κ3) is 5.20. The number of para-hydroxylation sites is 2. The number of hydrogen-bond acceptors (Lipinski definition) is 5. The number of nitrogens with zero attached hydrogens (tertiary/aromatic N) is 4. The molecule has 252 valence electrons. The summed E-state index contributed by atoms with van der Waals surface area (Å²) in [5.74, 6) is 1.95. The Balaban J connectivity index is 1.02. The second-order valence-corrected chi connectivity index (χ2v) is 14.1. The Kier molecular flexibility index (Phi) is 7.08. The lowest BCUT2D eigenvalue weighted by Gasteiger charge is -2.42. The van der Waals surface area contributed by atoms with Crippen molar-refractivity contribution >= 4 is 39.0 Å². The van der Waals surface area contributed by atoms with Crippen LogP contribution in [0, 0.1) is 0 Å². The van der Waals surface area contributed by atoms with Gasteiger partial charge in [0.15, 0.2) is 17.5 Å². The quantitative estimate of drug-likeness (QED) is 0.181. The van der Waals surface area contributed by atoms with Gasteiger partial charge < -0.3 is 9.32 Å². The molecule has 0 radical (unpaired) electrons. The molecule has 0 saturated heterocycles. The van der Waals surface area contributed by atoms with Gasteiger partial charge in [-0.15, -0.1) is 0 Å². The minimum absolute atomic E-state index is 0.196. The standard InChI is InChI=1S/C48H34N4O/c1-48(2)39-18-10-11-19-41(39)52(42-30-44-38(29-40(42)48)37-17-9-12-20-43(37)53-44)36-27-25-32(26-28-36)31-21-23-35(24-22-31)47-50-45(33-13-5-3-6-14-33)49-46(51-47)34-15-7-4-8-16-34/h3-30H,1-2H3. The molecule has 2 aromatic heterocycles. The minimum atomic E-state index is -0.196. The van der Waals surface area contributed by atoms with Gasteiger partial charge in [0.05, 0.1) is 11.4 Å². The van der Waals surface area contributed by atoms with E-state index in [1.807, 2.05) is 72.8 Å². The van der Waals surface area contributed by atoms with Crippen LogP contribution in [0.25, 0.3) is 67.2 Å². The topological polar surface area (TPSA) is 55.1 Å². The van der Waals surface area contributed by atoms with Gasteiger partial charge in [0, 0.05) is 44.6 Å². The fraction of sp³-hybridized carbons (Fsp3) is 0.0625. The molecule has 0 amide bonds. The Hall–Kier alpha value is -6.85. The van der Waals surface area contributed by atoms with E-state index >= 15 is 0 Å². The molecule has 0 aliphatic carbocycles. The lowest BCUT2D eigenvalue weighted by molar-refractivity contribution is 0.630. The van der Waals surface area contributed by atoms with Crippen molar-refractivity contribution in [2.24, 2.45) is 0 Å². The van der Waals surface area contributed by atoms with Crippen LogP contribution in [0.3, 0.4) is 0 Å². The van der Waals surface area contributed by atoms with Gasteiger partial charge in [0.1, 0.15) is 11.2 Å². The summed E-state index contributed by atoms with van der Waals surface area (Å²) < 4.78 is 6.40. The SMILES string of the molecule is CC1(C)c2ccccc2N(c2ccc(-c3ccc(-c4nc(-c5ccccc5)nc(-c5ccccc5)n4)cc3)cc2)c2cc3oc4ccccc4c3cc21. The molecule has 1 aliphatic rings. The molecule has 0 saturated carbocycles. The Bertz CT molecular complexity index is 2730. The fourth-order valence-corrected chi connectivity index (χ4v) is 7.75. The second-order valence-electron chi connectivity index (χ2n) is 14.1. The van der Waals surface area contributed by atoms with E-state index in [2.05, 4.69) is 116 Å². The van der Waals surface area contributed by atoms with Crippen LogP contribution < -0.4 is 4.90 Å². The highest BCUT2D eigenvalue weighted by Crippen LogP contribution is 2.53. The van der Waals surface area contributed by atoms with Crippen molar-refractivity contribution in [3.8, 4) is 45.3 Å². The third-order valence-electron chi connectivity index (χ3n) is 10.5. The summed E-state index contributed by atoms with van der Waals surface area (Å²) in [5, 5.41) is 2.29. The van der Waals surface area contributed by atoms with Crippen molar-refractivity contribution in [2.75, 3.05) is 4.90 Å². The van der Waals surface area contributed by atoms with Crippen molar-refractivity contribution in [1.82, 2.24) is 15.0 Å². The summed E-state index contributed by atoms with van der Waals surface area (Å²) in [6.07, 6.45) is 0. The van der Waals surface area contributed by atoms with Gasteiger partial charge in [-0.1, -0.05) is 147 Å². The molecule has 0 spiro atoms. The predicted molar refractivity (Wildman–Crippen MR) is 216 cm³/mol. The third-order valence-corrected chi connectivity index (χ3v) is 10.5. The van der Waals surface area contributed by atoms with Crippen LogP contribution in [0.4, 0.5) is 17.1 Å². The maximum atomic E-state index is 6.40. The van der Waals surface area contributed by atoms with Crippen molar-refractivity contribution in [3.63, 3.8) is 0 Å². The van der Waals surface area contributed by atoms with Gasteiger partial charge in [-0.25, -0.2) is 15.0 Å². The molecule has 10 rings (SSSR count). The largest absolute Gasteiger partial charge is 0.456 e. The zero-order valence-electron chi connectivity index (χ0n) is 29.4. The van der Waals surface area contributed by atoms with Crippen LogP contribution in [0.1, 0.15) is 25.0 Å². The molecule has 5 heteroatoms. The van der Waals surface area contributed by atoms with Crippen LogP contribution in [-0.2, 0) is 5.41 Å². The maximum Gasteiger partial charge on any atom is 0.164 e. The minimum Gasteiger partial charge on any atom is -0.456 e. The number of anilines is 3. The normalized spacial score (nSPS) is 13.2. The van der Waals surface area contributed by atoms with Gasteiger partial charge in [-0.2, -0.15) is 0 Å². The van der Waals surface area contributed by atoms with Crippen LogP contribution in [0.15, 0.2) is 174 Å². The molecule has 5 nitrogen and oxygen atoms in total. The maximum absolute atomic E-state index is 6.40. The van der Waals surface area contributed by atoms with E-state index < -0.39 is 0 Å². The Morgan fingerprint density at radius 2 is 0.925 bits per heavy atom. The second kappa shape index (κ2) is 12.1. The molecule has 7 aromatic carbocycles. The first-order valence-electron chi connectivity index (χ1n) is 17.9. The summed E-state index contributed by atoms with van der Waals surface area (Å²) in [7, 11) is 0. The van der Waals surface area contributed by atoms with Crippen LogP contribution >= 0.6 is 0 Å². The Morgan fingerprint density at radius 3 is 1.57 bits per heavy atom. The molecular formula is C48H34N4O. The first-order chi connectivity index (χ1) is 26.0. The van der Waals surface area contributed by atoms with E-state index in [4.69, 9.17) is 19.4 Å². The molecule has 0 fully saturated rings. The van der Waals surface area contributed by atoms with Crippen LogP contribution in [0.2, 0.25) is 0 Å². The van der Waals surface area contributed by atoms with Crippen molar-refractivity contribution in [3.05, 3.63) is 181 Å². The zero-order valence-corrected chi connectivity index (χ0v) is 29.4. The van der Waals surface area contributed by atoms with Crippen molar-refractivity contribution in [2.45, 2.75) is 19.3 Å². The Labute approximate surface area is 307 Å². The van der Waals surface area contributed by atoms with E-state index in [1.54, 1.807) is 0 Å². The van der Waals surface area contributed by atoms with Crippen molar-refractivity contribution < 1.29 is 4.42 Å². The zero-order chi connectivity index (χ0) is 35.5. The highest BCUT2D eigenvalue weighted by atomic mass is 16.3. The summed E-state index contributed by atoms with van der Waals surface area (Å²) in [4.78, 5) is 17.0. The summed E-state index contributed by atoms with van der Waals surface area (Å²) in [5.41, 5.74) is 12.7. The average molecular weight is 683 g/mol. The van der Waals surface area contributed by atoms with Gasteiger partial charge in [0.2, 0.25) is 0 Å². The summed E-state index contributed by atoms with van der Waals surface area (Å²) >= 11 is 0. The average Bonchev–Trinajstić information content (AvgIpc) is 3.59. The molecular weight excluding hydrogens is 649 g/mol. The lowest BCUT2D eigenvalue weighted by Crippen LogP contribution is -2.30. The molecule has 9 aromatic rings. The number of benzene rings is 7. The first kappa shape index (κ1) is 30.9. The molecule has 1 aliphatic heterocycles. The number of rotatable bonds is 5. The monoisotopic (exact) mass is 682 g/mol. The number of hydrogen-bond donors (Lipinski definition) is 0. The molecule has 0 N–H and O–H groups in total. The molecule has 3 heterocycles. The van der Waals surface area contributed by atoms with Gasteiger partial charge in [-0.05, 0) is 52.6 Å². The van der Waals surface area contributed by atoms with E-state index in [-0.39, 0.29) is 5.41 Å². The lowest BCUT2D eigenvalue weighted by atomic mass is 9.73. The van der Waals surface area contributed by atoms with Crippen molar-refractivity contribution in [1.29, 1.82) is 0 Å². The molecule has 0 atom stereocenters. The van der Waals surface area contributed by atoms with Gasteiger partial charge in [-0.3, -0.25) is 0 Å². The molecule has 0 bridgehead atoms. The predicted octanol–water partition coefficient (Wildman–Crippen LogP) is 12.5. The smallest absolute Gasteiger partial charge is 0.164 e. The number of aromatic nitrogens is 3. The van der Waals surface area contributed by atoms with Gasteiger partial charge >= 0.3 is 0 Å². The molecule has 53 heavy (non-hydrogen) atoms. The van der Waals surface area contributed by atoms with E-state index in [9.17, 15) is 0 Å². The highest BCUT2D eigenvalue weighted by Gasteiger charge is 2.37. The highest BCUT2D eigenvalue weighted by molar-refractivity contribution is 6.07. The molecule has 0 unspecified atom stereocenters. The van der Waals surface area contributed by atoms with Gasteiger partial charge in [0.25, 0.3) is 0 Å². The fourth-order valence-electron chi connectivity index (χ4n) is 7.75. The Morgan fingerprint density at radius 1 is 0.415 bits per heavy atom. The van der Waals surface area contributed by atoms with E-state index in [0.29, 0.717) is 17.5 Å². The number of fused-ring (bicyclic) bond motifs is 5. The van der Waals surface area contributed by atoms with E-state index in [1.165, 1.54) is 16.8 Å².